The molecule has 5 unspecified atom stereocenters. The first kappa shape index (κ1) is 87.2. The van der Waals surface area contributed by atoms with E-state index in [0.717, 1.165) is 135 Å². The average Bonchev–Trinajstić information content (AvgIpc) is 3.61. The first-order valence-electron chi connectivity index (χ1n) is 35.2. The molecule has 0 aliphatic heterocycles. The molecular formula is C73H126O16P2. The predicted octanol–water partition coefficient (Wildman–Crippen LogP) is 19.6. The summed E-state index contributed by atoms with van der Waals surface area (Å²) in [4.78, 5) is 58.3. The highest BCUT2D eigenvalue weighted by Gasteiger charge is 2.29. The second-order valence-corrected chi connectivity index (χ2v) is 26.2. The van der Waals surface area contributed by atoms with Crippen LogP contribution in [-0.2, 0) is 55.8 Å². The SMILES string of the molecule is CC/C=C\C/C=C\C/C=C\C/C=C\CCCCCCC(=O)OCC(COP(=O)(O)OCC(O)COP(=O)(O)OCC(O)COC(=O)CCCCCCCCCCCCC/C=C\C/C=C\C/C=C\C/C=C\CCCCC)OC(=O)CCCCCCC/C=C\CCCC. The number of hydrogen-bond donors (Lipinski definition) is 4. The van der Waals surface area contributed by atoms with Gasteiger partial charge in [-0.1, -0.05) is 246 Å². The number of aliphatic hydroxyl groups excluding tert-OH is 2. The van der Waals surface area contributed by atoms with Gasteiger partial charge in [0.05, 0.1) is 26.4 Å². The smallest absolute Gasteiger partial charge is 0.463 e. The Balaban J connectivity index is 4.49. The molecule has 0 spiro atoms. The van der Waals surface area contributed by atoms with Gasteiger partial charge in [-0.15, -0.1) is 0 Å². The molecule has 524 valence electrons. The van der Waals surface area contributed by atoms with Crippen molar-refractivity contribution < 1.29 is 75.8 Å². The van der Waals surface area contributed by atoms with Crippen LogP contribution in [-0.4, -0.2) is 95.9 Å². The van der Waals surface area contributed by atoms with E-state index in [0.29, 0.717) is 19.3 Å². The van der Waals surface area contributed by atoms with Gasteiger partial charge in [-0.05, 0) is 122 Å². The zero-order valence-corrected chi connectivity index (χ0v) is 58.5. The van der Waals surface area contributed by atoms with Crippen molar-refractivity contribution in [2.75, 3.05) is 39.6 Å². The summed E-state index contributed by atoms with van der Waals surface area (Å²) in [7, 11) is -9.78. The Kier molecular flexibility index (Phi) is 63.5. The van der Waals surface area contributed by atoms with Crippen molar-refractivity contribution >= 4 is 33.6 Å². The van der Waals surface area contributed by atoms with Crippen LogP contribution in [0.4, 0.5) is 0 Å². The van der Waals surface area contributed by atoms with Crippen molar-refractivity contribution in [3.05, 3.63) is 109 Å². The Hall–Kier alpha value is -3.79. The van der Waals surface area contributed by atoms with Crippen molar-refractivity contribution in [1.82, 2.24) is 0 Å². The lowest BCUT2D eigenvalue weighted by Crippen LogP contribution is -2.30. The first-order chi connectivity index (χ1) is 44.2. The number of allylic oxidation sites excluding steroid dienone is 18. The molecule has 0 rings (SSSR count). The van der Waals surface area contributed by atoms with Crippen molar-refractivity contribution in [2.24, 2.45) is 0 Å². The predicted molar refractivity (Wildman–Crippen MR) is 371 cm³/mol. The number of phosphoric acid groups is 2. The minimum Gasteiger partial charge on any atom is -0.463 e. The third-order valence-electron chi connectivity index (χ3n) is 14.5. The van der Waals surface area contributed by atoms with Gasteiger partial charge in [-0.25, -0.2) is 9.13 Å². The van der Waals surface area contributed by atoms with Crippen molar-refractivity contribution in [3.63, 3.8) is 0 Å². The van der Waals surface area contributed by atoms with Gasteiger partial charge in [0.1, 0.15) is 25.4 Å². The van der Waals surface area contributed by atoms with Crippen molar-refractivity contribution in [3.8, 4) is 0 Å². The number of carbonyl (C=O) groups excluding carboxylic acids is 3. The summed E-state index contributed by atoms with van der Waals surface area (Å²) in [5.41, 5.74) is 0. The fourth-order valence-electron chi connectivity index (χ4n) is 9.05. The maximum absolute atomic E-state index is 12.9. The molecule has 0 aromatic rings. The molecule has 0 aromatic heterocycles. The number of phosphoric ester groups is 2. The highest BCUT2D eigenvalue weighted by Crippen LogP contribution is 2.45. The summed E-state index contributed by atoms with van der Waals surface area (Å²) in [5, 5.41) is 20.5. The number of aliphatic hydroxyl groups is 2. The maximum Gasteiger partial charge on any atom is 0.472 e. The molecule has 0 saturated carbocycles. The summed E-state index contributed by atoms with van der Waals surface area (Å²) in [6.07, 6.45) is 74.4. The Morgan fingerprint density at radius 2 is 0.593 bits per heavy atom. The monoisotopic (exact) mass is 1320 g/mol. The lowest BCUT2D eigenvalue weighted by Gasteiger charge is -2.21. The summed E-state index contributed by atoms with van der Waals surface area (Å²) in [5.74, 6) is -1.62. The van der Waals surface area contributed by atoms with Crippen molar-refractivity contribution in [2.45, 2.75) is 296 Å². The molecule has 18 heteroatoms. The standard InChI is InChI=1S/C73H126O16P2/c1-4-7-10-13-16-19-22-24-26-28-29-30-31-32-33-34-35-36-37-39-41-42-45-47-50-53-56-59-71(76)83-62-68(74)63-85-90(79,80)86-64-69(75)65-87-91(81,82)88-67-70(89-73(78)61-58-55-52-49-44-21-18-15-12-9-6-3)66-84-72(77)60-57-54-51-48-46-43-40-38-27-25-23-20-17-14-11-8-5-2/h8,11,15-20,24-27,29-30,32-33,40,43,68-70,74-75H,4-7,9-10,12-14,21-23,28,31,34-39,41-42,44-67H2,1-3H3,(H,79,80)(H,81,82)/b11-8-,18-15-,19-16-,20-17-,26-24-,27-25-,30-29-,33-32-,43-40-. The second kappa shape index (κ2) is 66.2. The van der Waals surface area contributed by atoms with Gasteiger partial charge in [0.15, 0.2) is 6.10 Å². The van der Waals surface area contributed by atoms with Crippen LogP contribution in [0.2, 0.25) is 0 Å². The van der Waals surface area contributed by atoms with Crippen LogP contribution in [0.3, 0.4) is 0 Å². The molecule has 16 nitrogen and oxygen atoms in total. The number of rotatable bonds is 66. The van der Waals surface area contributed by atoms with E-state index in [1.165, 1.54) is 83.5 Å². The van der Waals surface area contributed by atoms with E-state index < -0.39 is 91.5 Å². The molecule has 0 aliphatic carbocycles. The zero-order chi connectivity index (χ0) is 66.7. The van der Waals surface area contributed by atoms with Gasteiger partial charge in [-0.3, -0.25) is 32.5 Å². The van der Waals surface area contributed by atoms with Crippen molar-refractivity contribution in [1.29, 1.82) is 0 Å². The Morgan fingerprint density at radius 3 is 0.967 bits per heavy atom. The molecule has 91 heavy (non-hydrogen) atoms. The van der Waals surface area contributed by atoms with E-state index >= 15 is 0 Å². The summed E-state index contributed by atoms with van der Waals surface area (Å²) < 4.78 is 60.8. The molecule has 0 aliphatic rings. The van der Waals surface area contributed by atoms with Crippen LogP contribution in [0, 0.1) is 0 Å². The number of hydrogen-bond acceptors (Lipinski definition) is 14. The number of unbranched alkanes of at least 4 members (excludes halogenated alkanes) is 25. The van der Waals surface area contributed by atoms with E-state index in [1.54, 1.807) is 0 Å². The van der Waals surface area contributed by atoms with Crippen LogP contribution in [0.25, 0.3) is 0 Å². The van der Waals surface area contributed by atoms with Crippen LogP contribution >= 0.6 is 15.6 Å². The Bertz CT molecular complexity index is 2100. The van der Waals surface area contributed by atoms with Gasteiger partial charge >= 0.3 is 33.6 Å². The van der Waals surface area contributed by atoms with E-state index in [4.69, 9.17) is 32.3 Å². The molecule has 4 N–H and O–H groups in total. The first-order valence-corrected chi connectivity index (χ1v) is 38.2. The van der Waals surface area contributed by atoms with Crippen LogP contribution in [0.1, 0.15) is 278 Å². The molecule has 0 amide bonds. The van der Waals surface area contributed by atoms with Gasteiger partial charge in [0, 0.05) is 19.3 Å². The fraction of sp³-hybridized carbons (Fsp3) is 0.712. The fourth-order valence-corrected chi connectivity index (χ4v) is 10.6. The van der Waals surface area contributed by atoms with Gasteiger partial charge in [-0.2, -0.15) is 0 Å². The number of ether oxygens (including phenoxy) is 3. The third-order valence-corrected chi connectivity index (χ3v) is 16.4. The highest BCUT2D eigenvalue weighted by atomic mass is 31.2. The Labute approximate surface area is 551 Å². The average molecular weight is 1320 g/mol. The zero-order valence-electron chi connectivity index (χ0n) is 56.7. The van der Waals surface area contributed by atoms with Crippen LogP contribution in [0.15, 0.2) is 109 Å². The topological polar surface area (TPSA) is 231 Å². The molecule has 5 atom stereocenters. The van der Waals surface area contributed by atoms with E-state index in [2.05, 4.69) is 130 Å². The van der Waals surface area contributed by atoms with Gasteiger partial charge < -0.3 is 34.2 Å². The normalized spacial score (nSPS) is 14.8. The lowest BCUT2D eigenvalue weighted by molar-refractivity contribution is -0.161. The quantitative estimate of drug-likeness (QED) is 0.0146. The van der Waals surface area contributed by atoms with Crippen LogP contribution < -0.4 is 0 Å². The second-order valence-electron chi connectivity index (χ2n) is 23.3. The van der Waals surface area contributed by atoms with Gasteiger partial charge in [0.25, 0.3) is 0 Å². The summed E-state index contributed by atoms with van der Waals surface area (Å²) in [6.45, 7) is 2.44. The molecule has 0 aromatic carbocycles. The summed E-state index contributed by atoms with van der Waals surface area (Å²) in [6, 6.07) is 0. The molecular weight excluding hydrogens is 1190 g/mol. The van der Waals surface area contributed by atoms with Crippen LogP contribution in [0.5, 0.6) is 0 Å². The van der Waals surface area contributed by atoms with E-state index in [1.807, 2.05) is 0 Å². The van der Waals surface area contributed by atoms with E-state index in [9.17, 15) is 43.5 Å². The Morgan fingerprint density at radius 1 is 0.319 bits per heavy atom. The molecule has 0 heterocycles. The molecule has 0 fully saturated rings. The number of carbonyl (C=O) groups is 3. The lowest BCUT2D eigenvalue weighted by atomic mass is 10.0. The molecule has 0 bridgehead atoms. The highest BCUT2D eigenvalue weighted by molar-refractivity contribution is 7.47. The maximum atomic E-state index is 12.9. The summed E-state index contributed by atoms with van der Waals surface area (Å²) >= 11 is 0. The molecule has 0 saturated heterocycles. The van der Waals surface area contributed by atoms with Gasteiger partial charge in [0.2, 0.25) is 0 Å². The number of esters is 3. The largest absolute Gasteiger partial charge is 0.472 e. The molecule has 0 radical (unpaired) electrons. The third kappa shape index (κ3) is 67.4. The van der Waals surface area contributed by atoms with E-state index in [-0.39, 0.29) is 19.3 Å². The minimum atomic E-state index is -4.93. The minimum absolute atomic E-state index is 0.0868.